The first-order valence-corrected chi connectivity index (χ1v) is 12.3. The van der Waals surface area contributed by atoms with Crippen LogP contribution < -0.4 is 4.74 Å². The van der Waals surface area contributed by atoms with E-state index in [-0.39, 0.29) is 12.0 Å². The average molecular weight is 484 g/mol. The third kappa shape index (κ3) is 4.91. The summed E-state index contributed by atoms with van der Waals surface area (Å²) in [6.07, 6.45) is 2.89. The molecule has 1 saturated heterocycles. The summed E-state index contributed by atoms with van der Waals surface area (Å²) < 4.78 is 12.2. The summed E-state index contributed by atoms with van der Waals surface area (Å²) in [4.78, 5) is 33.5. The maximum absolute atomic E-state index is 13.3. The number of amides is 2. The highest BCUT2D eigenvalue weighted by Gasteiger charge is 2.28. The van der Waals surface area contributed by atoms with Crippen LogP contribution in [-0.2, 0) is 11.2 Å². The summed E-state index contributed by atoms with van der Waals surface area (Å²) in [6.45, 7) is 6.04. The van der Waals surface area contributed by atoms with Gasteiger partial charge < -0.3 is 19.3 Å². The average Bonchev–Trinajstić information content (AvgIpc) is 3.52. The molecule has 0 radical (unpaired) electrons. The van der Waals surface area contributed by atoms with Gasteiger partial charge >= 0.3 is 6.09 Å². The molecule has 4 rings (SSSR count). The molecule has 0 saturated carbocycles. The molecule has 2 aromatic heterocycles. The van der Waals surface area contributed by atoms with E-state index in [0.29, 0.717) is 49.9 Å². The molecule has 2 amide bonds. The lowest BCUT2D eigenvalue weighted by atomic mass is 10.1. The second-order valence-electron chi connectivity index (χ2n) is 7.89. The van der Waals surface area contributed by atoms with Crippen molar-refractivity contribution in [2.75, 3.05) is 39.9 Å². The molecule has 180 valence electrons. The van der Waals surface area contributed by atoms with Crippen LogP contribution in [0, 0.1) is 0 Å². The van der Waals surface area contributed by atoms with Crippen LogP contribution in [0.3, 0.4) is 0 Å². The van der Waals surface area contributed by atoms with E-state index in [1.54, 1.807) is 34.7 Å². The number of nitrogens with zero attached hydrogens (tertiary/aromatic N) is 5. The van der Waals surface area contributed by atoms with Gasteiger partial charge in [0.05, 0.1) is 36.9 Å². The van der Waals surface area contributed by atoms with Crippen molar-refractivity contribution in [1.29, 1.82) is 0 Å². The first-order chi connectivity index (χ1) is 16.5. The maximum atomic E-state index is 13.3. The van der Waals surface area contributed by atoms with E-state index in [0.717, 1.165) is 29.1 Å². The van der Waals surface area contributed by atoms with Crippen molar-refractivity contribution in [2.45, 2.75) is 26.7 Å². The van der Waals surface area contributed by atoms with Crippen LogP contribution >= 0.6 is 11.3 Å². The molecule has 9 nitrogen and oxygen atoms in total. The van der Waals surface area contributed by atoms with Crippen molar-refractivity contribution in [3.8, 4) is 22.1 Å². The zero-order valence-corrected chi connectivity index (χ0v) is 20.5. The van der Waals surface area contributed by atoms with Crippen LogP contribution in [0.5, 0.6) is 5.75 Å². The Kier molecular flexibility index (Phi) is 7.46. The van der Waals surface area contributed by atoms with Gasteiger partial charge in [0.15, 0.2) is 0 Å². The number of benzene rings is 1. The Morgan fingerprint density at radius 2 is 1.88 bits per heavy atom. The van der Waals surface area contributed by atoms with Gasteiger partial charge in [0.25, 0.3) is 5.91 Å². The molecule has 0 bridgehead atoms. The standard InChI is InChI=1S/C24H29N5O4S/c1-4-7-21-19(22(30)27-10-12-28(13-11-27)24(31)33-5-2)15-25-29(21)23-26-20(16-34-23)17-8-6-9-18(14-17)32-3/h6,8-9,14-16H,4-5,7,10-13H2,1-3H3. The van der Waals surface area contributed by atoms with Crippen molar-refractivity contribution in [1.82, 2.24) is 24.6 Å². The highest BCUT2D eigenvalue weighted by atomic mass is 32.1. The Labute approximate surface area is 202 Å². The van der Waals surface area contributed by atoms with E-state index >= 15 is 0 Å². The van der Waals surface area contributed by atoms with E-state index in [1.807, 2.05) is 29.6 Å². The van der Waals surface area contributed by atoms with Gasteiger partial charge in [0.1, 0.15) is 5.75 Å². The molecule has 0 aliphatic carbocycles. The van der Waals surface area contributed by atoms with Crippen molar-refractivity contribution in [3.63, 3.8) is 0 Å². The van der Waals surface area contributed by atoms with Gasteiger partial charge in [-0.05, 0) is 25.5 Å². The number of aromatic nitrogens is 3. The Morgan fingerprint density at radius 3 is 2.59 bits per heavy atom. The molecular formula is C24H29N5O4S. The van der Waals surface area contributed by atoms with Gasteiger partial charge in [-0.1, -0.05) is 25.5 Å². The third-order valence-electron chi connectivity index (χ3n) is 5.72. The van der Waals surface area contributed by atoms with E-state index in [1.165, 1.54) is 11.3 Å². The first kappa shape index (κ1) is 23.7. The molecule has 0 atom stereocenters. The smallest absolute Gasteiger partial charge is 0.409 e. The summed E-state index contributed by atoms with van der Waals surface area (Å²) in [5.41, 5.74) is 3.23. The number of carbonyl (C=O) groups is 2. The minimum atomic E-state index is -0.329. The molecule has 34 heavy (non-hydrogen) atoms. The molecule has 1 aliphatic heterocycles. The monoisotopic (exact) mass is 483 g/mol. The lowest BCUT2D eigenvalue weighted by molar-refractivity contribution is 0.0569. The number of hydrogen-bond donors (Lipinski definition) is 0. The van der Waals surface area contributed by atoms with Gasteiger partial charge in [-0.15, -0.1) is 11.3 Å². The first-order valence-electron chi connectivity index (χ1n) is 11.4. The van der Waals surface area contributed by atoms with E-state index < -0.39 is 0 Å². The molecule has 0 spiro atoms. The second-order valence-corrected chi connectivity index (χ2v) is 8.73. The number of methoxy groups -OCH3 is 1. The summed E-state index contributed by atoms with van der Waals surface area (Å²) in [6, 6.07) is 7.76. The van der Waals surface area contributed by atoms with Gasteiger partial charge in [-0.2, -0.15) is 5.10 Å². The van der Waals surface area contributed by atoms with Crippen molar-refractivity contribution in [2.24, 2.45) is 0 Å². The molecule has 3 aromatic rings. The zero-order valence-electron chi connectivity index (χ0n) is 19.7. The summed E-state index contributed by atoms with van der Waals surface area (Å²) in [7, 11) is 1.64. The van der Waals surface area contributed by atoms with E-state index in [2.05, 4.69) is 12.0 Å². The van der Waals surface area contributed by atoms with Crippen molar-refractivity contribution in [3.05, 3.63) is 47.1 Å². The van der Waals surface area contributed by atoms with Crippen LogP contribution in [0.1, 0.15) is 36.3 Å². The van der Waals surface area contributed by atoms with Crippen LogP contribution in [0.2, 0.25) is 0 Å². The summed E-state index contributed by atoms with van der Waals surface area (Å²) in [5, 5.41) is 7.24. The fourth-order valence-corrected chi connectivity index (χ4v) is 4.76. The van der Waals surface area contributed by atoms with Crippen LogP contribution in [0.15, 0.2) is 35.8 Å². The minimum Gasteiger partial charge on any atom is -0.497 e. The molecule has 0 unspecified atom stereocenters. The molecule has 1 fully saturated rings. The normalized spacial score (nSPS) is 13.7. The van der Waals surface area contributed by atoms with Crippen LogP contribution in [0.25, 0.3) is 16.4 Å². The molecule has 10 heteroatoms. The van der Waals surface area contributed by atoms with Gasteiger partial charge in [-0.3, -0.25) is 4.79 Å². The van der Waals surface area contributed by atoms with Crippen LogP contribution in [0.4, 0.5) is 4.79 Å². The Bertz CT molecular complexity index is 1150. The van der Waals surface area contributed by atoms with Crippen molar-refractivity contribution < 1.29 is 19.1 Å². The number of ether oxygens (including phenoxy) is 2. The molecule has 0 N–H and O–H groups in total. The third-order valence-corrected chi connectivity index (χ3v) is 6.53. The Morgan fingerprint density at radius 1 is 1.12 bits per heavy atom. The minimum absolute atomic E-state index is 0.0669. The maximum Gasteiger partial charge on any atom is 0.409 e. The Hall–Kier alpha value is -3.40. The molecule has 3 heterocycles. The van der Waals surface area contributed by atoms with Gasteiger partial charge in [-0.25, -0.2) is 14.5 Å². The highest BCUT2D eigenvalue weighted by Crippen LogP contribution is 2.28. The van der Waals surface area contributed by atoms with Gasteiger partial charge in [0.2, 0.25) is 5.13 Å². The quantitative estimate of drug-likeness (QED) is 0.507. The molecular weight excluding hydrogens is 454 g/mol. The fourth-order valence-electron chi connectivity index (χ4n) is 3.95. The topological polar surface area (TPSA) is 89.8 Å². The van der Waals surface area contributed by atoms with E-state index in [9.17, 15) is 9.59 Å². The fraction of sp³-hybridized carbons (Fsp3) is 0.417. The number of piperazine rings is 1. The summed E-state index contributed by atoms with van der Waals surface area (Å²) >= 11 is 1.49. The summed E-state index contributed by atoms with van der Waals surface area (Å²) in [5.74, 6) is 0.705. The zero-order chi connectivity index (χ0) is 24.1. The Balaban J connectivity index is 1.54. The van der Waals surface area contributed by atoms with Crippen LogP contribution in [-0.4, -0.2) is 76.5 Å². The van der Waals surface area contributed by atoms with Gasteiger partial charge in [0, 0.05) is 37.1 Å². The second kappa shape index (κ2) is 10.7. The number of rotatable bonds is 7. The lowest BCUT2D eigenvalue weighted by Crippen LogP contribution is -2.50. The highest BCUT2D eigenvalue weighted by molar-refractivity contribution is 7.12. The number of hydrogen-bond acceptors (Lipinski definition) is 7. The predicted molar refractivity (Wildman–Crippen MR) is 130 cm³/mol. The predicted octanol–water partition coefficient (Wildman–Crippen LogP) is 3.87. The number of thiazole rings is 1. The van der Waals surface area contributed by atoms with E-state index in [4.69, 9.17) is 14.5 Å². The lowest BCUT2D eigenvalue weighted by Gasteiger charge is -2.34. The molecule has 1 aromatic carbocycles. The van der Waals surface area contributed by atoms with Crippen molar-refractivity contribution >= 4 is 23.3 Å². The number of carbonyl (C=O) groups excluding carboxylic acids is 2. The molecule has 1 aliphatic rings. The SMILES string of the molecule is CCCc1c(C(=O)N2CCN(C(=O)OCC)CC2)cnn1-c1nc(-c2cccc(OC)c2)cs1. The largest absolute Gasteiger partial charge is 0.497 e.